The molecular formula is C15H12N2O3. The number of phenolic OH excluding ortho intramolecular Hbond substituents is 1. The van der Waals surface area contributed by atoms with Gasteiger partial charge in [-0.25, -0.2) is 4.79 Å². The number of aromatic hydroxyl groups is 1. The molecule has 0 aliphatic heterocycles. The third kappa shape index (κ3) is 3.27. The molecule has 1 amide bonds. The van der Waals surface area contributed by atoms with Crippen molar-refractivity contribution < 1.29 is 15.0 Å². The molecule has 0 heterocycles. The van der Waals surface area contributed by atoms with Crippen LogP contribution >= 0.6 is 0 Å². The van der Waals surface area contributed by atoms with Crippen LogP contribution in [0.25, 0.3) is 11.1 Å². The number of amides is 1. The molecule has 0 aromatic heterocycles. The molecular weight excluding hydrogens is 256 g/mol. The third-order valence-electron chi connectivity index (χ3n) is 2.75. The lowest BCUT2D eigenvalue weighted by Gasteiger charge is -2.07. The summed E-state index contributed by atoms with van der Waals surface area (Å²) in [5.74, 6) is 0.0214. The molecule has 0 spiro atoms. The molecule has 0 bridgehead atoms. The Morgan fingerprint density at radius 1 is 1.20 bits per heavy atom. The summed E-state index contributed by atoms with van der Waals surface area (Å²) in [5.41, 5.74) is 2.68. The highest BCUT2D eigenvalue weighted by molar-refractivity contribution is 5.68. The molecule has 3 N–H and O–H groups in total. The van der Waals surface area contributed by atoms with Gasteiger partial charge in [-0.3, -0.25) is 0 Å². The van der Waals surface area contributed by atoms with Crippen molar-refractivity contribution in [2.24, 2.45) is 0 Å². The van der Waals surface area contributed by atoms with Crippen LogP contribution < -0.4 is 5.32 Å². The molecule has 0 fully saturated rings. The number of phenols is 1. The summed E-state index contributed by atoms with van der Waals surface area (Å²) in [6.07, 6.45) is -1.08. The molecule has 2 aromatic carbocycles. The maximum absolute atomic E-state index is 10.5. The Bertz CT molecular complexity index is 690. The van der Waals surface area contributed by atoms with Gasteiger partial charge in [0.05, 0.1) is 11.6 Å². The molecule has 5 nitrogen and oxygen atoms in total. The summed E-state index contributed by atoms with van der Waals surface area (Å²) < 4.78 is 0. The summed E-state index contributed by atoms with van der Waals surface area (Å²) in [4.78, 5) is 10.5. The molecule has 0 saturated carbocycles. The Labute approximate surface area is 115 Å². The van der Waals surface area contributed by atoms with Crippen LogP contribution in [0, 0.1) is 11.3 Å². The molecule has 0 unspecified atom stereocenters. The van der Waals surface area contributed by atoms with Crippen molar-refractivity contribution in [1.29, 1.82) is 5.26 Å². The van der Waals surface area contributed by atoms with E-state index in [9.17, 15) is 9.90 Å². The lowest BCUT2D eigenvalue weighted by Crippen LogP contribution is -2.19. The lowest BCUT2D eigenvalue weighted by atomic mass is 10.0. The van der Waals surface area contributed by atoms with Gasteiger partial charge >= 0.3 is 6.09 Å². The topological polar surface area (TPSA) is 93.4 Å². The Kier molecular flexibility index (Phi) is 3.87. The maximum Gasteiger partial charge on any atom is 0.404 e. The van der Waals surface area contributed by atoms with Gasteiger partial charge in [-0.1, -0.05) is 18.2 Å². The Morgan fingerprint density at radius 2 is 2.00 bits per heavy atom. The van der Waals surface area contributed by atoms with E-state index in [0.717, 1.165) is 11.1 Å². The fourth-order valence-electron chi connectivity index (χ4n) is 1.88. The quantitative estimate of drug-likeness (QED) is 0.797. The summed E-state index contributed by atoms with van der Waals surface area (Å²) in [5, 5.41) is 29.4. The lowest BCUT2D eigenvalue weighted by molar-refractivity contribution is 0.194. The third-order valence-corrected chi connectivity index (χ3v) is 2.75. The maximum atomic E-state index is 10.5. The predicted molar refractivity (Wildman–Crippen MR) is 73.1 cm³/mol. The van der Waals surface area contributed by atoms with Gasteiger partial charge in [-0.15, -0.1) is 0 Å². The second-order valence-electron chi connectivity index (χ2n) is 4.24. The number of benzene rings is 2. The Balaban J connectivity index is 2.33. The number of carbonyl (C=O) groups is 1. The van der Waals surface area contributed by atoms with Gasteiger partial charge in [0.1, 0.15) is 5.75 Å². The molecule has 0 radical (unpaired) electrons. The van der Waals surface area contributed by atoms with Crippen molar-refractivity contribution in [2.45, 2.75) is 6.54 Å². The van der Waals surface area contributed by atoms with E-state index in [2.05, 4.69) is 5.32 Å². The molecule has 0 atom stereocenters. The zero-order valence-corrected chi connectivity index (χ0v) is 10.5. The van der Waals surface area contributed by atoms with Crippen LogP contribution in [-0.2, 0) is 6.54 Å². The molecule has 0 aliphatic carbocycles. The monoisotopic (exact) mass is 268 g/mol. The van der Waals surface area contributed by atoms with E-state index >= 15 is 0 Å². The van der Waals surface area contributed by atoms with Gasteiger partial charge in [0.2, 0.25) is 0 Å². The summed E-state index contributed by atoms with van der Waals surface area (Å²) in [6, 6.07) is 13.8. The number of hydrogen-bond acceptors (Lipinski definition) is 3. The van der Waals surface area contributed by atoms with Crippen molar-refractivity contribution in [1.82, 2.24) is 5.32 Å². The predicted octanol–water partition coefficient (Wildman–Crippen LogP) is 2.70. The highest BCUT2D eigenvalue weighted by Gasteiger charge is 2.04. The molecule has 0 aliphatic rings. The van der Waals surface area contributed by atoms with Crippen molar-refractivity contribution in [3.63, 3.8) is 0 Å². The van der Waals surface area contributed by atoms with E-state index in [4.69, 9.17) is 10.4 Å². The van der Waals surface area contributed by atoms with Gasteiger partial charge in [-0.2, -0.15) is 5.26 Å². The van der Waals surface area contributed by atoms with Crippen molar-refractivity contribution in [2.75, 3.05) is 0 Å². The molecule has 100 valence electrons. The van der Waals surface area contributed by atoms with Crippen molar-refractivity contribution in [3.8, 4) is 22.9 Å². The minimum atomic E-state index is -1.08. The fraction of sp³-hybridized carbons (Fsp3) is 0.0667. The standard InChI is InChI=1S/C15H12N2O3/c16-8-11-5-13(7-14(18)6-11)12-3-1-2-10(4-12)9-17-15(19)20/h1-7,17-18H,9H2,(H,19,20). The second kappa shape index (κ2) is 5.76. The zero-order valence-electron chi connectivity index (χ0n) is 10.5. The number of nitriles is 1. The molecule has 20 heavy (non-hydrogen) atoms. The van der Waals surface area contributed by atoms with E-state index in [1.165, 1.54) is 6.07 Å². The first-order chi connectivity index (χ1) is 9.58. The summed E-state index contributed by atoms with van der Waals surface area (Å²) >= 11 is 0. The average molecular weight is 268 g/mol. The number of rotatable bonds is 3. The highest BCUT2D eigenvalue weighted by Crippen LogP contribution is 2.26. The zero-order chi connectivity index (χ0) is 14.5. The first-order valence-corrected chi connectivity index (χ1v) is 5.89. The Morgan fingerprint density at radius 3 is 2.70 bits per heavy atom. The van der Waals surface area contributed by atoms with Crippen molar-refractivity contribution in [3.05, 3.63) is 53.6 Å². The number of nitrogens with zero attached hydrogens (tertiary/aromatic N) is 1. The van der Waals surface area contributed by atoms with Crippen LogP contribution in [0.15, 0.2) is 42.5 Å². The van der Waals surface area contributed by atoms with E-state index in [1.807, 2.05) is 18.2 Å². The highest BCUT2D eigenvalue weighted by atomic mass is 16.4. The number of carboxylic acid groups (broad SMARTS) is 1. The van der Waals surface area contributed by atoms with E-state index in [0.29, 0.717) is 11.1 Å². The minimum Gasteiger partial charge on any atom is -0.508 e. The fourth-order valence-corrected chi connectivity index (χ4v) is 1.88. The van der Waals surface area contributed by atoms with Gasteiger partial charge in [0.25, 0.3) is 0 Å². The van der Waals surface area contributed by atoms with Crippen LogP contribution in [0.1, 0.15) is 11.1 Å². The van der Waals surface area contributed by atoms with Gasteiger partial charge < -0.3 is 15.5 Å². The van der Waals surface area contributed by atoms with Gasteiger partial charge in [0.15, 0.2) is 0 Å². The first kappa shape index (κ1) is 13.4. The normalized spacial score (nSPS) is 9.75. The molecule has 0 saturated heterocycles. The van der Waals surface area contributed by atoms with Crippen LogP contribution in [0.2, 0.25) is 0 Å². The largest absolute Gasteiger partial charge is 0.508 e. The molecule has 5 heteroatoms. The first-order valence-electron chi connectivity index (χ1n) is 5.89. The van der Waals surface area contributed by atoms with E-state index in [-0.39, 0.29) is 12.3 Å². The average Bonchev–Trinajstić information content (AvgIpc) is 2.44. The van der Waals surface area contributed by atoms with Crippen LogP contribution in [0.5, 0.6) is 5.75 Å². The van der Waals surface area contributed by atoms with Crippen LogP contribution in [0.3, 0.4) is 0 Å². The minimum absolute atomic E-state index is 0.0214. The number of nitrogens with one attached hydrogen (secondary N) is 1. The molecule has 2 rings (SSSR count). The van der Waals surface area contributed by atoms with Crippen molar-refractivity contribution >= 4 is 6.09 Å². The smallest absolute Gasteiger partial charge is 0.404 e. The molecule has 2 aromatic rings. The second-order valence-corrected chi connectivity index (χ2v) is 4.24. The summed E-state index contributed by atoms with van der Waals surface area (Å²) in [7, 11) is 0. The van der Waals surface area contributed by atoms with Crippen LogP contribution in [0.4, 0.5) is 4.79 Å². The summed E-state index contributed by atoms with van der Waals surface area (Å²) in [6.45, 7) is 0.201. The van der Waals surface area contributed by atoms with E-state index in [1.54, 1.807) is 24.3 Å². The van der Waals surface area contributed by atoms with Crippen LogP contribution in [-0.4, -0.2) is 16.3 Å². The van der Waals surface area contributed by atoms with Gasteiger partial charge in [-0.05, 0) is 41.0 Å². The van der Waals surface area contributed by atoms with E-state index < -0.39 is 6.09 Å². The SMILES string of the molecule is N#Cc1cc(O)cc(-c2cccc(CNC(=O)O)c2)c1. The Hall–Kier alpha value is -3.00. The number of hydrogen-bond donors (Lipinski definition) is 3. The van der Waals surface area contributed by atoms with Gasteiger partial charge in [0, 0.05) is 6.54 Å².